The molecular weight excluding hydrogens is 222 g/mol. The second-order valence-electron chi connectivity index (χ2n) is 5.68. The zero-order chi connectivity index (χ0) is 12.4. The monoisotopic (exact) mass is 245 g/mol. The average molecular weight is 245 g/mol. The zero-order valence-electron chi connectivity index (χ0n) is 11.2. The third-order valence-corrected chi connectivity index (χ3v) is 3.80. The highest BCUT2D eigenvalue weighted by Crippen LogP contribution is 2.38. The summed E-state index contributed by atoms with van der Waals surface area (Å²) in [5.74, 6) is 2.00. The molecule has 18 heavy (non-hydrogen) atoms. The molecule has 1 unspecified atom stereocenters. The Morgan fingerprint density at radius 2 is 2.11 bits per heavy atom. The first-order chi connectivity index (χ1) is 8.85. The Bertz CT molecular complexity index is 396. The molecule has 1 aromatic carbocycles. The molecule has 1 N–H and O–H groups in total. The van der Waals surface area contributed by atoms with Gasteiger partial charge in [0.2, 0.25) is 0 Å². The molecule has 0 bridgehead atoms. The molecule has 2 nitrogen and oxygen atoms in total. The Hall–Kier alpha value is -1.02. The average Bonchev–Trinajstić information content (AvgIpc) is 3.24. The van der Waals surface area contributed by atoms with Crippen LogP contribution in [-0.4, -0.2) is 12.6 Å². The fourth-order valence-corrected chi connectivity index (χ4v) is 2.45. The van der Waals surface area contributed by atoms with E-state index in [1.807, 2.05) is 0 Å². The number of benzene rings is 1. The summed E-state index contributed by atoms with van der Waals surface area (Å²) in [5, 5.41) is 3.61. The Labute approximate surface area is 110 Å². The van der Waals surface area contributed by atoms with E-state index in [0.717, 1.165) is 18.2 Å². The van der Waals surface area contributed by atoms with Crippen LogP contribution in [0.3, 0.4) is 0 Å². The van der Waals surface area contributed by atoms with Gasteiger partial charge >= 0.3 is 0 Å². The second kappa shape index (κ2) is 5.31. The minimum atomic E-state index is 0.487. The van der Waals surface area contributed by atoms with Gasteiger partial charge in [0.15, 0.2) is 0 Å². The topological polar surface area (TPSA) is 21.3 Å². The van der Waals surface area contributed by atoms with Crippen LogP contribution in [-0.2, 0) is 0 Å². The first-order valence-electron chi connectivity index (χ1n) is 7.35. The van der Waals surface area contributed by atoms with Crippen LogP contribution in [0.1, 0.15) is 50.6 Å². The van der Waals surface area contributed by atoms with E-state index in [1.165, 1.54) is 37.7 Å². The fraction of sp³-hybridized carbons (Fsp3) is 0.625. The summed E-state index contributed by atoms with van der Waals surface area (Å²) in [5.41, 5.74) is 1.39. The first kappa shape index (κ1) is 12.0. The van der Waals surface area contributed by atoms with Crippen molar-refractivity contribution in [2.45, 2.75) is 51.2 Å². The third kappa shape index (κ3) is 3.26. The highest BCUT2D eigenvalue weighted by molar-refractivity contribution is 5.31. The van der Waals surface area contributed by atoms with E-state index in [0.29, 0.717) is 12.1 Å². The van der Waals surface area contributed by atoms with Gasteiger partial charge in [-0.25, -0.2) is 0 Å². The van der Waals surface area contributed by atoms with Gasteiger partial charge in [0, 0.05) is 6.04 Å². The molecule has 2 heteroatoms. The normalized spacial score (nSPS) is 20.7. The maximum absolute atomic E-state index is 5.89. The largest absolute Gasteiger partial charge is 0.490 e. The van der Waals surface area contributed by atoms with Gasteiger partial charge in [-0.05, 0) is 49.4 Å². The van der Waals surface area contributed by atoms with Crippen LogP contribution in [0.5, 0.6) is 5.75 Å². The van der Waals surface area contributed by atoms with Gasteiger partial charge in [0.25, 0.3) is 0 Å². The molecule has 0 radical (unpaired) electrons. The Kier molecular flexibility index (Phi) is 3.55. The van der Waals surface area contributed by atoms with Gasteiger partial charge in [-0.1, -0.05) is 31.9 Å². The summed E-state index contributed by atoms with van der Waals surface area (Å²) >= 11 is 0. The zero-order valence-corrected chi connectivity index (χ0v) is 11.2. The lowest BCUT2D eigenvalue weighted by atomic mass is 10.0. The number of rotatable bonds is 7. The van der Waals surface area contributed by atoms with E-state index in [-0.39, 0.29) is 0 Å². The molecule has 0 aliphatic heterocycles. The Morgan fingerprint density at radius 1 is 1.28 bits per heavy atom. The fourth-order valence-electron chi connectivity index (χ4n) is 2.45. The van der Waals surface area contributed by atoms with Crippen LogP contribution in [0.4, 0.5) is 0 Å². The summed E-state index contributed by atoms with van der Waals surface area (Å²) in [6.07, 6.45) is 7.05. The molecule has 98 valence electrons. The maximum Gasteiger partial charge on any atom is 0.120 e. The van der Waals surface area contributed by atoms with E-state index in [9.17, 15) is 0 Å². The summed E-state index contributed by atoms with van der Waals surface area (Å²) < 4.78 is 5.89. The van der Waals surface area contributed by atoms with Crippen molar-refractivity contribution in [1.29, 1.82) is 0 Å². The SMILES string of the molecule is CCNC(CC1CC1)c1cccc(OC2CC2)c1. The van der Waals surface area contributed by atoms with Crippen LogP contribution in [0, 0.1) is 5.92 Å². The van der Waals surface area contributed by atoms with E-state index in [1.54, 1.807) is 0 Å². The molecule has 2 aliphatic carbocycles. The minimum absolute atomic E-state index is 0.487. The van der Waals surface area contributed by atoms with E-state index >= 15 is 0 Å². The Morgan fingerprint density at radius 3 is 2.78 bits per heavy atom. The molecule has 2 aliphatic rings. The lowest BCUT2D eigenvalue weighted by molar-refractivity contribution is 0.302. The van der Waals surface area contributed by atoms with Crippen LogP contribution < -0.4 is 10.1 Å². The summed E-state index contributed by atoms with van der Waals surface area (Å²) in [6, 6.07) is 9.18. The molecule has 3 rings (SSSR count). The van der Waals surface area contributed by atoms with Crippen molar-refractivity contribution in [3.8, 4) is 5.75 Å². The summed E-state index contributed by atoms with van der Waals surface area (Å²) in [4.78, 5) is 0. The van der Waals surface area contributed by atoms with Gasteiger partial charge in [-0.2, -0.15) is 0 Å². The van der Waals surface area contributed by atoms with Crippen molar-refractivity contribution in [2.75, 3.05) is 6.54 Å². The van der Waals surface area contributed by atoms with Crippen molar-refractivity contribution in [3.05, 3.63) is 29.8 Å². The standard InChI is InChI=1S/C16H23NO/c1-2-17-16(10-12-6-7-12)13-4-3-5-15(11-13)18-14-8-9-14/h3-5,11-12,14,16-17H,2,6-10H2,1H3. The minimum Gasteiger partial charge on any atom is -0.490 e. The molecule has 0 aromatic heterocycles. The quantitative estimate of drug-likeness (QED) is 0.791. The number of nitrogens with one attached hydrogen (secondary N) is 1. The smallest absolute Gasteiger partial charge is 0.120 e. The highest BCUT2D eigenvalue weighted by atomic mass is 16.5. The highest BCUT2D eigenvalue weighted by Gasteiger charge is 2.27. The number of hydrogen-bond acceptors (Lipinski definition) is 2. The maximum atomic E-state index is 5.89. The molecule has 2 saturated carbocycles. The van der Waals surface area contributed by atoms with Crippen molar-refractivity contribution < 1.29 is 4.74 Å². The lowest BCUT2D eigenvalue weighted by Gasteiger charge is -2.19. The van der Waals surface area contributed by atoms with Crippen molar-refractivity contribution in [3.63, 3.8) is 0 Å². The predicted molar refractivity (Wildman–Crippen MR) is 73.9 cm³/mol. The van der Waals surface area contributed by atoms with Gasteiger partial charge in [0.1, 0.15) is 5.75 Å². The lowest BCUT2D eigenvalue weighted by Crippen LogP contribution is -2.21. The number of ether oxygens (including phenoxy) is 1. The molecule has 0 heterocycles. The van der Waals surface area contributed by atoms with Gasteiger partial charge < -0.3 is 10.1 Å². The van der Waals surface area contributed by atoms with E-state index in [4.69, 9.17) is 4.74 Å². The second-order valence-corrected chi connectivity index (χ2v) is 5.68. The molecule has 0 saturated heterocycles. The number of hydrogen-bond donors (Lipinski definition) is 1. The molecule has 0 amide bonds. The summed E-state index contributed by atoms with van der Waals surface area (Å²) in [6.45, 7) is 3.22. The van der Waals surface area contributed by atoms with E-state index < -0.39 is 0 Å². The molecule has 0 spiro atoms. The molecule has 2 fully saturated rings. The van der Waals surface area contributed by atoms with Gasteiger partial charge in [0.05, 0.1) is 6.10 Å². The predicted octanol–water partition coefficient (Wildman–Crippen LogP) is 3.68. The molecule has 1 aromatic rings. The van der Waals surface area contributed by atoms with Crippen molar-refractivity contribution in [2.24, 2.45) is 5.92 Å². The third-order valence-electron chi connectivity index (χ3n) is 3.80. The van der Waals surface area contributed by atoms with Gasteiger partial charge in [-0.3, -0.25) is 0 Å². The molecule has 1 atom stereocenters. The van der Waals surface area contributed by atoms with Crippen LogP contribution in [0.2, 0.25) is 0 Å². The first-order valence-corrected chi connectivity index (χ1v) is 7.35. The van der Waals surface area contributed by atoms with Crippen LogP contribution in [0.15, 0.2) is 24.3 Å². The van der Waals surface area contributed by atoms with Crippen LogP contribution in [0.25, 0.3) is 0 Å². The van der Waals surface area contributed by atoms with Crippen LogP contribution >= 0.6 is 0 Å². The Balaban J connectivity index is 1.69. The van der Waals surface area contributed by atoms with Crippen molar-refractivity contribution in [1.82, 2.24) is 5.32 Å². The molecular formula is C16H23NO. The summed E-state index contributed by atoms with van der Waals surface area (Å²) in [7, 11) is 0. The van der Waals surface area contributed by atoms with E-state index in [2.05, 4.69) is 36.5 Å². The van der Waals surface area contributed by atoms with Crippen molar-refractivity contribution >= 4 is 0 Å². The van der Waals surface area contributed by atoms with Gasteiger partial charge in [-0.15, -0.1) is 0 Å².